The number of anilines is 3. The Balaban J connectivity index is 1.21. The van der Waals surface area contributed by atoms with E-state index in [1.165, 1.54) is 6.42 Å². The molecular formula is C32H31N7O3S. The lowest BCUT2D eigenvalue weighted by Crippen LogP contribution is -2.42. The number of terminal acetylenes is 1. The third kappa shape index (κ3) is 5.28. The standard InChI is InChI=1S/C32H31N7O3S/c1-3-10-21-19-39(17-18-41-21)29-25(35-30(43-29)32(2)15-9-16-32)28-37-38-31(42-28)36-26-27(40)33-23-14-8-7-13-22(23)24(34-26)20-11-5-4-6-12-20/h1,4-8,11-14,21,26H,9-10,15-19H2,2H3,(H,33,40)(H,36,38)/t21-,26+/m0/s1. The van der Waals surface area contributed by atoms with Gasteiger partial charge < -0.3 is 24.7 Å². The molecule has 1 amide bonds. The first-order valence-electron chi connectivity index (χ1n) is 14.5. The first-order valence-corrected chi connectivity index (χ1v) is 15.3. The Bertz CT molecular complexity index is 1720. The number of benzene rings is 2. The van der Waals surface area contributed by atoms with E-state index in [-0.39, 0.29) is 29.3 Å². The molecule has 11 heteroatoms. The van der Waals surface area contributed by atoms with Gasteiger partial charge in [0.05, 0.1) is 24.1 Å². The number of thiazole rings is 1. The van der Waals surface area contributed by atoms with Crippen molar-refractivity contribution in [1.82, 2.24) is 15.2 Å². The Morgan fingerprint density at radius 2 is 1.98 bits per heavy atom. The van der Waals surface area contributed by atoms with Crippen molar-refractivity contribution < 1.29 is 13.9 Å². The van der Waals surface area contributed by atoms with Crippen LogP contribution in [-0.4, -0.2) is 58.8 Å². The molecule has 0 spiro atoms. The van der Waals surface area contributed by atoms with E-state index in [1.54, 1.807) is 11.3 Å². The second kappa shape index (κ2) is 11.3. The van der Waals surface area contributed by atoms with Crippen LogP contribution < -0.4 is 15.5 Å². The van der Waals surface area contributed by atoms with Gasteiger partial charge in [-0.15, -0.1) is 28.8 Å². The number of hydrogen-bond acceptors (Lipinski definition) is 10. The summed E-state index contributed by atoms with van der Waals surface area (Å²) < 4.78 is 12.0. The zero-order valence-electron chi connectivity index (χ0n) is 23.7. The Morgan fingerprint density at radius 1 is 1.16 bits per heavy atom. The van der Waals surface area contributed by atoms with Gasteiger partial charge in [-0.1, -0.05) is 67.0 Å². The van der Waals surface area contributed by atoms with Gasteiger partial charge in [-0.2, -0.15) is 0 Å². The number of morpholine rings is 1. The van der Waals surface area contributed by atoms with Crippen LogP contribution >= 0.6 is 11.3 Å². The van der Waals surface area contributed by atoms with E-state index in [2.05, 4.69) is 38.6 Å². The number of rotatable bonds is 7. The topological polar surface area (TPSA) is 118 Å². The number of carbonyl (C=O) groups is 1. The first kappa shape index (κ1) is 27.3. The number of para-hydroxylation sites is 1. The molecule has 0 unspecified atom stereocenters. The van der Waals surface area contributed by atoms with Crippen molar-refractivity contribution in [2.75, 3.05) is 35.2 Å². The highest BCUT2D eigenvalue weighted by Crippen LogP contribution is 2.49. The molecule has 1 saturated carbocycles. The van der Waals surface area contributed by atoms with Gasteiger partial charge in [0.15, 0.2) is 5.69 Å². The number of benzodiazepines with no additional fused rings is 1. The summed E-state index contributed by atoms with van der Waals surface area (Å²) in [6, 6.07) is 17.5. The maximum atomic E-state index is 13.3. The third-order valence-electron chi connectivity index (χ3n) is 8.24. The largest absolute Gasteiger partial charge is 0.402 e. The minimum Gasteiger partial charge on any atom is -0.402 e. The molecule has 218 valence electrons. The molecule has 3 aliphatic rings. The van der Waals surface area contributed by atoms with E-state index >= 15 is 0 Å². The second-order valence-corrected chi connectivity index (χ2v) is 12.2. The molecule has 10 nitrogen and oxygen atoms in total. The summed E-state index contributed by atoms with van der Waals surface area (Å²) in [7, 11) is 0. The van der Waals surface area contributed by atoms with Crippen molar-refractivity contribution in [2.45, 2.75) is 50.3 Å². The number of nitrogens with zero attached hydrogens (tertiary/aromatic N) is 5. The molecule has 2 N–H and O–H groups in total. The Morgan fingerprint density at radius 3 is 2.77 bits per heavy atom. The van der Waals surface area contributed by atoms with Crippen LogP contribution in [0.2, 0.25) is 0 Å². The number of aliphatic imine (C=N–C) groups is 1. The minimum absolute atomic E-state index is 0.0409. The van der Waals surface area contributed by atoms with Gasteiger partial charge in [0.25, 0.3) is 11.8 Å². The average molecular weight is 594 g/mol. The Labute approximate surface area is 253 Å². The summed E-state index contributed by atoms with van der Waals surface area (Å²) in [4.78, 5) is 25.5. The van der Waals surface area contributed by atoms with Gasteiger partial charge >= 0.3 is 6.01 Å². The smallest absolute Gasteiger partial charge is 0.317 e. The second-order valence-electron chi connectivity index (χ2n) is 11.3. The van der Waals surface area contributed by atoms with Crippen LogP contribution in [0.3, 0.4) is 0 Å². The van der Waals surface area contributed by atoms with Crippen LogP contribution in [0.1, 0.15) is 48.7 Å². The molecular weight excluding hydrogens is 562 g/mol. The predicted molar refractivity (Wildman–Crippen MR) is 167 cm³/mol. The van der Waals surface area contributed by atoms with Crippen LogP contribution in [0, 0.1) is 12.3 Å². The van der Waals surface area contributed by atoms with Crippen molar-refractivity contribution in [3.05, 3.63) is 70.7 Å². The highest BCUT2D eigenvalue weighted by atomic mass is 32.1. The maximum absolute atomic E-state index is 13.3. The predicted octanol–water partition coefficient (Wildman–Crippen LogP) is 5.09. The van der Waals surface area contributed by atoms with E-state index in [0.717, 1.165) is 34.0 Å². The van der Waals surface area contributed by atoms with Crippen molar-refractivity contribution in [2.24, 2.45) is 4.99 Å². The fraction of sp³-hybridized carbons (Fsp3) is 0.344. The van der Waals surface area contributed by atoms with Crippen molar-refractivity contribution in [1.29, 1.82) is 0 Å². The van der Waals surface area contributed by atoms with Gasteiger partial charge in [-0.3, -0.25) is 4.79 Å². The molecule has 2 aliphatic heterocycles. The summed E-state index contributed by atoms with van der Waals surface area (Å²) in [5.41, 5.74) is 3.77. The summed E-state index contributed by atoms with van der Waals surface area (Å²) in [5, 5.41) is 16.7. The first-order chi connectivity index (χ1) is 21.0. The zero-order valence-corrected chi connectivity index (χ0v) is 24.6. The Hall–Kier alpha value is -4.53. The molecule has 2 aromatic heterocycles. The van der Waals surface area contributed by atoms with Crippen molar-refractivity contribution in [3.63, 3.8) is 0 Å². The van der Waals surface area contributed by atoms with E-state index in [1.807, 2.05) is 54.6 Å². The van der Waals surface area contributed by atoms with Crippen LogP contribution in [0.15, 0.2) is 64.0 Å². The summed E-state index contributed by atoms with van der Waals surface area (Å²) in [5.74, 6) is 2.67. The molecule has 4 heterocycles. The summed E-state index contributed by atoms with van der Waals surface area (Å²) >= 11 is 1.68. The normalized spacial score (nSPS) is 21.1. The number of aromatic nitrogens is 3. The Kier molecular flexibility index (Phi) is 7.16. The lowest BCUT2D eigenvalue weighted by Gasteiger charge is -2.36. The van der Waals surface area contributed by atoms with Crippen LogP contribution in [0.4, 0.5) is 16.7 Å². The third-order valence-corrected chi connectivity index (χ3v) is 9.66. The summed E-state index contributed by atoms with van der Waals surface area (Å²) in [6.45, 7) is 4.21. The molecule has 43 heavy (non-hydrogen) atoms. The zero-order chi connectivity index (χ0) is 29.4. The molecule has 2 atom stereocenters. The molecule has 1 saturated heterocycles. The number of amides is 1. The van der Waals surface area contributed by atoms with Gasteiger partial charge in [-0.05, 0) is 18.9 Å². The average Bonchev–Trinajstić information content (AvgIpc) is 3.64. The number of nitrogens with one attached hydrogen (secondary N) is 2. The number of hydrogen-bond donors (Lipinski definition) is 2. The van der Waals surface area contributed by atoms with Gasteiger partial charge in [0, 0.05) is 36.1 Å². The van der Waals surface area contributed by atoms with E-state index in [4.69, 9.17) is 25.6 Å². The molecule has 0 radical (unpaired) electrons. The SMILES string of the molecule is C#CC[C@H]1CN(c2sc(C3(C)CCC3)nc2-c2nnc(N[C@H]3N=C(c4ccccc4)c4ccccc4NC3=O)o2)CCO1. The molecule has 7 rings (SSSR count). The quantitative estimate of drug-likeness (QED) is 0.285. The van der Waals surface area contributed by atoms with Crippen LogP contribution in [-0.2, 0) is 14.9 Å². The van der Waals surface area contributed by atoms with Crippen LogP contribution in [0.5, 0.6) is 0 Å². The lowest BCUT2D eigenvalue weighted by molar-refractivity contribution is -0.116. The number of ether oxygens (including phenoxy) is 1. The van der Waals surface area contributed by atoms with Gasteiger partial charge in [-0.25, -0.2) is 9.98 Å². The fourth-order valence-corrected chi connectivity index (χ4v) is 6.97. The highest BCUT2D eigenvalue weighted by Gasteiger charge is 2.39. The van der Waals surface area contributed by atoms with Gasteiger partial charge in [0.2, 0.25) is 6.17 Å². The molecule has 4 aromatic rings. The monoisotopic (exact) mass is 593 g/mol. The molecule has 2 fully saturated rings. The van der Waals surface area contributed by atoms with E-state index in [9.17, 15) is 4.79 Å². The lowest BCUT2D eigenvalue weighted by atomic mass is 9.71. The van der Waals surface area contributed by atoms with Crippen molar-refractivity contribution >= 4 is 39.7 Å². The number of fused-ring (bicyclic) bond motifs is 1. The van der Waals surface area contributed by atoms with Gasteiger partial charge in [0.1, 0.15) is 10.0 Å². The molecule has 0 bridgehead atoms. The number of carbonyl (C=O) groups excluding carboxylic acids is 1. The van der Waals surface area contributed by atoms with Crippen LogP contribution in [0.25, 0.3) is 11.6 Å². The van der Waals surface area contributed by atoms with Crippen molar-refractivity contribution in [3.8, 4) is 23.9 Å². The van der Waals surface area contributed by atoms with E-state index < -0.39 is 6.17 Å². The highest BCUT2D eigenvalue weighted by molar-refractivity contribution is 7.16. The molecule has 1 aliphatic carbocycles. The maximum Gasteiger partial charge on any atom is 0.317 e. The molecule has 2 aromatic carbocycles. The minimum atomic E-state index is -1.00. The fourth-order valence-electron chi connectivity index (χ4n) is 5.68. The van der Waals surface area contributed by atoms with E-state index in [0.29, 0.717) is 43.2 Å². The summed E-state index contributed by atoms with van der Waals surface area (Å²) in [6.07, 6.45) is 8.46.